The molecular weight excluding hydrogens is 384 g/mol. The van der Waals surface area contributed by atoms with Gasteiger partial charge in [-0.25, -0.2) is 0 Å². The van der Waals surface area contributed by atoms with Gasteiger partial charge in [-0.3, -0.25) is 9.59 Å². The fourth-order valence-corrected chi connectivity index (χ4v) is 2.24. The molecule has 1 aliphatic rings. The predicted octanol–water partition coefficient (Wildman–Crippen LogP) is 5.13. The summed E-state index contributed by atoms with van der Waals surface area (Å²) in [5.41, 5.74) is -0.739. The summed E-state index contributed by atoms with van der Waals surface area (Å²) in [6.07, 6.45) is 2.54. The highest BCUT2D eigenvalue weighted by Gasteiger charge is 2.39. The van der Waals surface area contributed by atoms with Gasteiger partial charge in [-0.1, -0.05) is 20.8 Å². The van der Waals surface area contributed by atoms with E-state index in [1.54, 1.807) is 12.1 Å². The molecule has 0 atom stereocenters. The van der Waals surface area contributed by atoms with Crippen LogP contribution in [0.25, 0.3) is 0 Å². The van der Waals surface area contributed by atoms with Crippen LogP contribution in [0.5, 0.6) is 11.5 Å². The molecule has 30 heavy (non-hydrogen) atoms. The van der Waals surface area contributed by atoms with E-state index < -0.39 is 5.41 Å². The van der Waals surface area contributed by atoms with Crippen molar-refractivity contribution in [2.75, 3.05) is 19.8 Å². The molecule has 2 rings (SSSR count). The molecule has 1 N–H and O–H groups in total. The second-order valence-corrected chi connectivity index (χ2v) is 9.28. The lowest BCUT2D eigenvalue weighted by Gasteiger charge is -2.40. The van der Waals surface area contributed by atoms with Gasteiger partial charge >= 0.3 is 11.9 Å². The van der Waals surface area contributed by atoms with Crippen LogP contribution in [0.15, 0.2) is 24.3 Å². The Labute approximate surface area is 180 Å². The van der Waals surface area contributed by atoms with Gasteiger partial charge in [-0.15, -0.1) is 0 Å². The van der Waals surface area contributed by atoms with E-state index in [1.165, 1.54) is 12.1 Å². The lowest BCUT2D eigenvalue weighted by molar-refractivity contribution is -0.178. The van der Waals surface area contributed by atoms with Crippen molar-refractivity contribution >= 4 is 11.9 Å². The van der Waals surface area contributed by atoms with Crippen LogP contribution < -0.4 is 4.74 Å². The molecule has 0 aliphatic carbocycles. The molecule has 6 nitrogen and oxygen atoms in total. The summed E-state index contributed by atoms with van der Waals surface area (Å²) in [5.74, 6) is 0.268. The Morgan fingerprint density at radius 2 is 1.47 bits per heavy atom. The molecule has 0 amide bonds. The molecule has 170 valence electrons. The number of hydrogen-bond donors (Lipinski definition) is 1. The van der Waals surface area contributed by atoms with Crippen molar-refractivity contribution in [2.45, 2.75) is 67.7 Å². The van der Waals surface area contributed by atoms with Gasteiger partial charge < -0.3 is 19.3 Å². The maximum Gasteiger partial charge on any atom is 0.316 e. The highest BCUT2D eigenvalue weighted by Crippen LogP contribution is 2.32. The smallest absolute Gasteiger partial charge is 0.316 e. The molecule has 1 fully saturated rings. The van der Waals surface area contributed by atoms with Crippen molar-refractivity contribution in [1.82, 2.24) is 0 Å². The van der Waals surface area contributed by atoms with Crippen LogP contribution in [0.2, 0.25) is 0 Å². The molecule has 0 saturated carbocycles. The number of carbonyl (C=O) groups excluding carboxylic acids is 2. The fraction of sp³-hybridized carbons (Fsp3) is 0.667. The lowest BCUT2D eigenvalue weighted by Crippen LogP contribution is -2.47. The van der Waals surface area contributed by atoms with E-state index in [0.717, 1.165) is 32.5 Å². The summed E-state index contributed by atoms with van der Waals surface area (Å²) in [5, 5.41) is 9.06. The third-order valence-electron chi connectivity index (χ3n) is 6.00. The number of ether oxygens (including phenoxy) is 3. The van der Waals surface area contributed by atoms with Crippen LogP contribution in [0.1, 0.15) is 67.7 Å². The normalized spacial score (nSPS) is 15.3. The minimum Gasteiger partial charge on any atom is -0.508 e. The number of esters is 2. The van der Waals surface area contributed by atoms with Crippen LogP contribution >= 0.6 is 0 Å². The third-order valence-corrected chi connectivity index (χ3v) is 6.00. The summed E-state index contributed by atoms with van der Waals surface area (Å²) < 4.78 is 15.7. The van der Waals surface area contributed by atoms with E-state index in [1.807, 2.05) is 41.5 Å². The largest absolute Gasteiger partial charge is 0.508 e. The van der Waals surface area contributed by atoms with Crippen molar-refractivity contribution in [3.8, 4) is 11.5 Å². The number of hydrogen-bond acceptors (Lipinski definition) is 6. The van der Waals surface area contributed by atoms with Gasteiger partial charge in [0.1, 0.15) is 18.1 Å². The molecule has 0 spiro atoms. The van der Waals surface area contributed by atoms with Crippen LogP contribution in [0, 0.1) is 16.2 Å². The molecule has 1 heterocycles. The molecule has 6 heteroatoms. The molecule has 1 saturated heterocycles. The maximum absolute atomic E-state index is 11.7. The highest BCUT2D eigenvalue weighted by atomic mass is 16.6. The first-order valence-corrected chi connectivity index (χ1v) is 10.7. The number of rotatable bonds is 8. The topological polar surface area (TPSA) is 82.1 Å². The van der Waals surface area contributed by atoms with Crippen molar-refractivity contribution < 1.29 is 28.9 Å². The minimum absolute atomic E-state index is 0.0928. The van der Waals surface area contributed by atoms with Crippen LogP contribution in [-0.4, -0.2) is 36.9 Å². The summed E-state index contributed by atoms with van der Waals surface area (Å²) in [4.78, 5) is 23.4. The molecule has 0 bridgehead atoms. The number of benzene rings is 1. The number of aromatic hydroxyl groups is 1. The van der Waals surface area contributed by atoms with Crippen molar-refractivity contribution in [3.63, 3.8) is 0 Å². The molecule has 0 radical (unpaired) electrons. The number of phenols is 1. The van der Waals surface area contributed by atoms with Gasteiger partial charge in [0.15, 0.2) is 0 Å². The molecular formula is C24H38O6. The summed E-state index contributed by atoms with van der Waals surface area (Å²) >= 11 is 0. The van der Waals surface area contributed by atoms with Gasteiger partial charge in [0.05, 0.1) is 29.5 Å². The van der Waals surface area contributed by atoms with Gasteiger partial charge in [0.2, 0.25) is 0 Å². The third kappa shape index (κ3) is 7.31. The standard InChI is InChI=1S/C12H22O3.C12H16O3/c1-5-11(3,4)10(13)15-9-12(6-2)7-14-8-12;1-4-12(2,3)11(14)15-10-7-5-9(13)6-8-10/h5-9H2,1-4H3;5-8,13H,4H2,1-3H3. The Bertz CT molecular complexity index is 681. The van der Waals surface area contributed by atoms with Crippen molar-refractivity contribution in [3.05, 3.63) is 24.3 Å². The average molecular weight is 423 g/mol. The lowest BCUT2D eigenvalue weighted by atomic mass is 9.84. The Hall–Kier alpha value is -2.08. The Kier molecular flexibility index (Phi) is 9.35. The van der Waals surface area contributed by atoms with Gasteiger partial charge in [-0.05, 0) is 71.2 Å². The highest BCUT2D eigenvalue weighted by molar-refractivity contribution is 5.78. The van der Waals surface area contributed by atoms with Gasteiger partial charge in [0.25, 0.3) is 0 Å². The zero-order valence-corrected chi connectivity index (χ0v) is 19.5. The number of carbonyl (C=O) groups is 2. The average Bonchev–Trinajstić information content (AvgIpc) is 2.69. The summed E-state index contributed by atoms with van der Waals surface area (Å²) in [6.45, 7) is 15.5. The maximum atomic E-state index is 11.7. The monoisotopic (exact) mass is 422 g/mol. The molecule has 1 aromatic carbocycles. The molecule has 0 aromatic heterocycles. The predicted molar refractivity (Wildman–Crippen MR) is 116 cm³/mol. The fourth-order valence-electron chi connectivity index (χ4n) is 2.24. The summed E-state index contributed by atoms with van der Waals surface area (Å²) in [6, 6.07) is 6.11. The SMILES string of the molecule is CCC(C)(C)C(=O)Oc1ccc(O)cc1.CCC1(COC(=O)C(C)(C)CC)COC1. The van der Waals surface area contributed by atoms with Crippen LogP contribution in [0.3, 0.4) is 0 Å². The van der Waals surface area contributed by atoms with Crippen molar-refractivity contribution in [1.29, 1.82) is 0 Å². The first-order chi connectivity index (χ1) is 13.9. The zero-order valence-electron chi connectivity index (χ0n) is 19.5. The van der Waals surface area contributed by atoms with Gasteiger partial charge in [0, 0.05) is 0 Å². The molecule has 1 aromatic rings. The van der Waals surface area contributed by atoms with Gasteiger partial charge in [-0.2, -0.15) is 0 Å². The first-order valence-electron chi connectivity index (χ1n) is 10.7. The van der Waals surface area contributed by atoms with Crippen LogP contribution in [-0.2, 0) is 19.1 Å². The second-order valence-electron chi connectivity index (χ2n) is 9.28. The van der Waals surface area contributed by atoms with Crippen LogP contribution in [0.4, 0.5) is 0 Å². The zero-order chi connectivity index (χ0) is 23.0. The Balaban J connectivity index is 0.000000300. The Morgan fingerprint density at radius 1 is 0.967 bits per heavy atom. The minimum atomic E-state index is -0.474. The van der Waals surface area contributed by atoms with E-state index in [9.17, 15) is 9.59 Å². The van der Waals surface area contributed by atoms with E-state index in [-0.39, 0.29) is 28.5 Å². The van der Waals surface area contributed by atoms with E-state index in [4.69, 9.17) is 19.3 Å². The van der Waals surface area contributed by atoms with E-state index >= 15 is 0 Å². The Morgan fingerprint density at radius 3 is 1.87 bits per heavy atom. The summed E-state index contributed by atoms with van der Waals surface area (Å²) in [7, 11) is 0. The first kappa shape index (κ1) is 26.0. The quantitative estimate of drug-likeness (QED) is 0.462. The van der Waals surface area contributed by atoms with E-state index in [0.29, 0.717) is 12.4 Å². The molecule has 0 unspecified atom stereocenters. The van der Waals surface area contributed by atoms with E-state index in [2.05, 4.69) is 6.92 Å². The molecule has 1 aliphatic heterocycles. The second kappa shape index (κ2) is 10.8. The number of phenolic OH excluding ortho intramolecular Hbond substituents is 1. The van der Waals surface area contributed by atoms with Crippen molar-refractivity contribution in [2.24, 2.45) is 16.2 Å².